The predicted molar refractivity (Wildman–Crippen MR) is 36.4 cm³/mol. The van der Waals surface area contributed by atoms with Gasteiger partial charge in [0.15, 0.2) is 0 Å². The first-order chi connectivity index (χ1) is 4.91. The van der Waals surface area contributed by atoms with Gasteiger partial charge in [-0.05, 0) is 12.8 Å². The van der Waals surface area contributed by atoms with Crippen molar-refractivity contribution in [3.05, 3.63) is 11.9 Å². The van der Waals surface area contributed by atoms with Gasteiger partial charge < -0.3 is 10.1 Å². The zero-order valence-corrected chi connectivity index (χ0v) is 5.88. The zero-order valence-electron chi connectivity index (χ0n) is 5.88. The summed E-state index contributed by atoms with van der Waals surface area (Å²) in [5.74, 6) is -0.276. The van der Waals surface area contributed by atoms with Crippen LogP contribution in [-0.2, 0) is 9.47 Å². The van der Waals surface area contributed by atoms with Gasteiger partial charge in [-0.3, -0.25) is 0 Å². The molecule has 2 saturated heterocycles. The smallest absolute Gasteiger partial charge is 0.259 e. The van der Waals surface area contributed by atoms with Crippen molar-refractivity contribution in [1.29, 1.82) is 0 Å². The maximum Gasteiger partial charge on any atom is 0.259 e. The van der Waals surface area contributed by atoms with Crippen LogP contribution in [-0.4, -0.2) is 25.5 Å². The van der Waals surface area contributed by atoms with Crippen LogP contribution in [0.4, 0.5) is 0 Å². The number of hydrogen-bond donors (Lipinski definition) is 0. The second kappa shape index (κ2) is 2.42. The van der Waals surface area contributed by atoms with Crippen molar-refractivity contribution in [3.8, 4) is 0 Å². The first kappa shape index (κ1) is 6.46. The highest BCUT2D eigenvalue weighted by Crippen LogP contribution is 2.32. The average molecular weight is 141 g/mol. The van der Waals surface area contributed by atoms with E-state index in [-0.39, 0.29) is 5.79 Å². The monoisotopic (exact) mass is 141 g/mol. The lowest BCUT2D eigenvalue weighted by atomic mass is 10.1. The van der Waals surface area contributed by atoms with E-state index in [4.69, 9.17) is 9.47 Å². The van der Waals surface area contributed by atoms with Gasteiger partial charge in [0.25, 0.3) is 6.61 Å². The minimum absolute atomic E-state index is 0.276. The summed E-state index contributed by atoms with van der Waals surface area (Å²) >= 11 is 0. The molecule has 0 amide bonds. The summed E-state index contributed by atoms with van der Waals surface area (Å²) in [6, 6.07) is 0. The molecule has 2 rings (SSSR count). The molecule has 0 aromatic carbocycles. The molecule has 3 nitrogen and oxygen atoms in total. The Labute approximate surface area is 60.7 Å². The summed E-state index contributed by atoms with van der Waals surface area (Å²) in [5, 5.41) is 4.22. The summed E-state index contributed by atoms with van der Waals surface area (Å²) in [7, 11) is 0. The molecule has 2 aliphatic heterocycles. The Balaban J connectivity index is 1.98. The Morgan fingerprint density at radius 2 is 2.10 bits per heavy atom. The lowest BCUT2D eigenvalue weighted by Gasteiger charge is -2.35. The highest BCUT2D eigenvalue weighted by atomic mass is 16.7. The molecule has 56 valence electrons. The molecule has 0 radical (unpaired) electrons. The Morgan fingerprint density at radius 3 is 2.70 bits per heavy atom. The van der Waals surface area contributed by atoms with Gasteiger partial charge in [-0.25, -0.2) is 0 Å². The van der Waals surface area contributed by atoms with Crippen molar-refractivity contribution in [2.24, 2.45) is 0 Å². The number of piperidine rings is 1. The molecule has 0 aliphatic carbocycles. The fraction of sp³-hybridized carbons (Fsp3) is 0.857. The summed E-state index contributed by atoms with van der Waals surface area (Å²) < 4.78 is 10.8. The molecule has 3 heteroatoms. The molecule has 10 heavy (non-hydrogen) atoms. The first-order valence-electron chi connectivity index (χ1n) is 3.68. The van der Waals surface area contributed by atoms with Crippen molar-refractivity contribution in [2.75, 3.05) is 19.7 Å². The summed E-state index contributed by atoms with van der Waals surface area (Å²) in [4.78, 5) is 0. The number of rotatable bonds is 0. The third kappa shape index (κ3) is 1.00. The van der Waals surface area contributed by atoms with E-state index in [1.54, 1.807) is 6.61 Å². The number of nitrogens with zero attached hydrogens (tertiary/aromatic N) is 1. The van der Waals surface area contributed by atoms with Crippen molar-refractivity contribution in [1.82, 2.24) is 0 Å². The van der Waals surface area contributed by atoms with Gasteiger partial charge in [-0.1, -0.05) is 0 Å². The first-order valence-corrected chi connectivity index (χ1v) is 3.68. The standard InChI is InChI=1S/C7H11NO2/c1-3-8-4-2-7(1)9-5-6-10-7/h5H,1-4,6H2. The van der Waals surface area contributed by atoms with Gasteiger partial charge in [0, 0.05) is 0 Å². The fourth-order valence-corrected chi connectivity index (χ4v) is 1.40. The predicted octanol–water partition coefficient (Wildman–Crippen LogP) is 1.06. The highest BCUT2D eigenvalue weighted by molar-refractivity contribution is 4.94. The largest absolute Gasteiger partial charge is 0.662 e. The van der Waals surface area contributed by atoms with Gasteiger partial charge in [0.2, 0.25) is 12.4 Å². The van der Waals surface area contributed by atoms with Crippen LogP contribution in [0.3, 0.4) is 0 Å². The van der Waals surface area contributed by atoms with Crippen molar-refractivity contribution in [2.45, 2.75) is 18.6 Å². The normalized spacial score (nSPS) is 30.4. The van der Waals surface area contributed by atoms with E-state index in [1.165, 1.54) is 0 Å². The average Bonchev–Trinajstić information content (AvgIpc) is 2.39. The maximum absolute atomic E-state index is 5.44. The quantitative estimate of drug-likeness (QED) is 0.472. The summed E-state index contributed by atoms with van der Waals surface area (Å²) in [6.45, 7) is 4.15. The van der Waals surface area contributed by atoms with E-state index in [9.17, 15) is 0 Å². The topological polar surface area (TPSA) is 32.6 Å². The zero-order chi connectivity index (χ0) is 6.86. The van der Waals surface area contributed by atoms with Gasteiger partial charge in [0.05, 0.1) is 0 Å². The van der Waals surface area contributed by atoms with Gasteiger partial charge in [-0.2, -0.15) is 4.74 Å². The van der Waals surface area contributed by atoms with Crippen LogP contribution in [0, 0.1) is 6.61 Å². The van der Waals surface area contributed by atoms with Crippen LogP contribution in [0.25, 0.3) is 5.32 Å². The minimum atomic E-state index is -0.276. The molecule has 0 N–H and O–H groups in total. The number of ether oxygens (including phenoxy) is 2. The summed E-state index contributed by atoms with van der Waals surface area (Å²) in [6.07, 6.45) is 1.84. The molecule has 0 aromatic rings. The molecule has 1 spiro atoms. The van der Waals surface area contributed by atoms with E-state index < -0.39 is 0 Å². The van der Waals surface area contributed by atoms with E-state index in [0.717, 1.165) is 25.9 Å². The molecular formula is C7H11NO2. The molecule has 0 atom stereocenters. The molecule has 0 aromatic heterocycles. The fourth-order valence-electron chi connectivity index (χ4n) is 1.40. The maximum atomic E-state index is 5.44. The van der Waals surface area contributed by atoms with Crippen LogP contribution in [0.15, 0.2) is 0 Å². The summed E-state index contributed by atoms with van der Waals surface area (Å²) in [5.41, 5.74) is 0. The van der Waals surface area contributed by atoms with Gasteiger partial charge in [-0.15, -0.1) is 13.1 Å². The SMILES string of the molecule is [CH+]1COC2(CC[N-]CC2)O1. The molecule has 0 bridgehead atoms. The number of hydrogen-bond acceptors (Lipinski definition) is 2. The molecular weight excluding hydrogens is 130 g/mol. The van der Waals surface area contributed by atoms with Crippen LogP contribution in [0.2, 0.25) is 0 Å². The van der Waals surface area contributed by atoms with Crippen LogP contribution >= 0.6 is 0 Å². The van der Waals surface area contributed by atoms with E-state index in [0.29, 0.717) is 6.61 Å². The van der Waals surface area contributed by atoms with Crippen molar-refractivity contribution < 1.29 is 9.47 Å². The van der Waals surface area contributed by atoms with E-state index in [2.05, 4.69) is 5.32 Å². The van der Waals surface area contributed by atoms with Gasteiger partial charge >= 0.3 is 0 Å². The van der Waals surface area contributed by atoms with Gasteiger partial charge in [0.1, 0.15) is 0 Å². The molecule has 2 aliphatic rings. The van der Waals surface area contributed by atoms with Crippen LogP contribution < -0.4 is 0 Å². The Kier molecular flexibility index (Phi) is 1.56. The molecule has 2 heterocycles. The third-order valence-corrected chi connectivity index (χ3v) is 2.01. The van der Waals surface area contributed by atoms with E-state index >= 15 is 0 Å². The van der Waals surface area contributed by atoms with Crippen LogP contribution in [0.5, 0.6) is 0 Å². The second-order valence-corrected chi connectivity index (χ2v) is 2.68. The Hall–Kier alpha value is -0.250. The van der Waals surface area contributed by atoms with Crippen LogP contribution in [0.1, 0.15) is 12.8 Å². The molecule has 0 unspecified atom stereocenters. The Bertz CT molecular complexity index is 113. The molecule has 2 fully saturated rings. The highest BCUT2D eigenvalue weighted by Gasteiger charge is 2.41. The Morgan fingerprint density at radius 1 is 1.30 bits per heavy atom. The lowest BCUT2D eigenvalue weighted by Crippen LogP contribution is -2.35. The third-order valence-electron chi connectivity index (χ3n) is 2.01. The minimum Gasteiger partial charge on any atom is -0.662 e. The van der Waals surface area contributed by atoms with Crippen molar-refractivity contribution in [3.63, 3.8) is 0 Å². The van der Waals surface area contributed by atoms with E-state index in [1.807, 2.05) is 0 Å². The second-order valence-electron chi connectivity index (χ2n) is 2.68. The molecule has 0 saturated carbocycles. The lowest BCUT2D eigenvalue weighted by molar-refractivity contribution is -0.159. The van der Waals surface area contributed by atoms with Crippen molar-refractivity contribution >= 4 is 0 Å².